The molecule has 9 aromatic carbocycles. The first kappa shape index (κ1) is 34.2. The van der Waals surface area contributed by atoms with E-state index in [0.717, 1.165) is 84.2 Å². The third-order valence-electron chi connectivity index (χ3n) is 12.3. The Balaban J connectivity index is 1.11. The Morgan fingerprint density at radius 1 is 0.350 bits per heavy atom. The van der Waals surface area contributed by atoms with Crippen LogP contribution >= 0.6 is 0 Å². The highest BCUT2D eigenvalue weighted by Crippen LogP contribution is 2.64. The molecule has 0 radical (unpaired) electrons. The number of hydrogen-bond acceptors (Lipinski definition) is 3. The first-order valence-electron chi connectivity index (χ1n) is 20.5. The number of hydrogen-bond donors (Lipinski definition) is 0. The number of rotatable bonds is 6. The van der Waals surface area contributed by atoms with Gasteiger partial charge in [-0.3, -0.25) is 0 Å². The van der Waals surface area contributed by atoms with Gasteiger partial charge in [0.1, 0.15) is 16.7 Å². The molecule has 0 fully saturated rings. The van der Waals surface area contributed by atoms with Gasteiger partial charge in [-0.2, -0.15) is 0 Å². The zero-order chi connectivity index (χ0) is 39.6. The van der Waals surface area contributed by atoms with Gasteiger partial charge in [-0.05, 0) is 110 Å². The molecule has 0 saturated heterocycles. The monoisotopic (exact) mass is 767 g/mol. The highest BCUT2D eigenvalue weighted by Gasteiger charge is 2.54. The Kier molecular flexibility index (Phi) is 7.76. The van der Waals surface area contributed by atoms with Crippen molar-refractivity contribution in [1.82, 2.24) is 0 Å². The van der Waals surface area contributed by atoms with Crippen LogP contribution < -0.4 is 9.64 Å². The van der Waals surface area contributed by atoms with E-state index in [1.807, 2.05) is 0 Å². The van der Waals surface area contributed by atoms with Gasteiger partial charge in [0.15, 0.2) is 11.5 Å². The van der Waals surface area contributed by atoms with Crippen molar-refractivity contribution in [2.75, 3.05) is 4.90 Å². The Morgan fingerprint density at radius 2 is 0.850 bits per heavy atom. The van der Waals surface area contributed by atoms with Crippen molar-refractivity contribution in [1.29, 1.82) is 0 Å². The average molecular weight is 768 g/mol. The summed E-state index contributed by atoms with van der Waals surface area (Å²) in [7, 11) is 0. The van der Waals surface area contributed by atoms with Crippen LogP contribution in [0.15, 0.2) is 229 Å². The Bertz CT molecular complexity index is 3140. The summed E-state index contributed by atoms with van der Waals surface area (Å²) >= 11 is 0. The summed E-state index contributed by atoms with van der Waals surface area (Å²) in [6.45, 7) is 0. The van der Waals surface area contributed by atoms with Gasteiger partial charge in [-0.15, -0.1) is 0 Å². The maximum Gasteiger partial charge on any atom is 0.178 e. The maximum atomic E-state index is 7.13. The molecule has 0 N–H and O–H groups in total. The van der Waals surface area contributed by atoms with E-state index in [0.29, 0.717) is 0 Å². The van der Waals surface area contributed by atoms with E-state index in [2.05, 4.69) is 229 Å². The van der Waals surface area contributed by atoms with Crippen molar-refractivity contribution in [3.05, 3.63) is 247 Å². The molecule has 0 unspecified atom stereocenters. The molecular weight excluding hydrogens is 731 g/mol. The van der Waals surface area contributed by atoms with Crippen LogP contribution in [0.5, 0.6) is 11.5 Å². The van der Waals surface area contributed by atoms with Crippen LogP contribution in [-0.2, 0) is 5.41 Å². The van der Waals surface area contributed by atoms with E-state index in [4.69, 9.17) is 9.15 Å². The highest BCUT2D eigenvalue weighted by atomic mass is 16.5. The summed E-state index contributed by atoms with van der Waals surface area (Å²) in [5.41, 5.74) is 16.0. The van der Waals surface area contributed by atoms with E-state index >= 15 is 0 Å². The van der Waals surface area contributed by atoms with Crippen molar-refractivity contribution in [2.24, 2.45) is 0 Å². The average Bonchev–Trinajstić information content (AvgIpc) is 3.84. The van der Waals surface area contributed by atoms with Gasteiger partial charge < -0.3 is 14.1 Å². The minimum absolute atomic E-state index is 0.686. The van der Waals surface area contributed by atoms with Crippen LogP contribution in [0.3, 0.4) is 0 Å². The molecule has 1 aliphatic carbocycles. The second-order valence-electron chi connectivity index (χ2n) is 15.6. The lowest BCUT2D eigenvalue weighted by molar-refractivity contribution is 0.389. The Morgan fingerprint density at radius 3 is 1.48 bits per heavy atom. The molecule has 2 heterocycles. The molecule has 282 valence electrons. The van der Waals surface area contributed by atoms with Crippen LogP contribution in [0.4, 0.5) is 17.1 Å². The SMILES string of the molecule is c1ccc(-c2cccc(N(c3cc(-c4ccccc4)cc(-c4ccccc4)c3)c3ccc4oc5c(c4c3)Oc3ccccc3C53c4ccccc4-c4ccccc43)c2)cc1. The lowest BCUT2D eigenvalue weighted by Crippen LogP contribution is -2.31. The Hall–Kier alpha value is -7.88. The van der Waals surface area contributed by atoms with Gasteiger partial charge >= 0.3 is 0 Å². The molecule has 3 nitrogen and oxygen atoms in total. The van der Waals surface area contributed by atoms with Gasteiger partial charge in [0.25, 0.3) is 0 Å². The van der Waals surface area contributed by atoms with Crippen molar-refractivity contribution in [2.45, 2.75) is 5.41 Å². The number of benzene rings is 9. The molecule has 1 spiro atoms. The molecule has 3 heteroatoms. The molecule has 2 aliphatic rings. The van der Waals surface area contributed by atoms with Crippen molar-refractivity contribution in [3.8, 4) is 56.0 Å². The number of furan rings is 1. The summed E-state index contributed by atoms with van der Waals surface area (Å²) in [5.74, 6) is 2.39. The molecule has 60 heavy (non-hydrogen) atoms. The summed E-state index contributed by atoms with van der Waals surface area (Å²) < 4.78 is 14.1. The van der Waals surface area contributed by atoms with E-state index in [1.165, 1.54) is 22.3 Å². The van der Waals surface area contributed by atoms with E-state index in [1.54, 1.807) is 0 Å². The third-order valence-corrected chi connectivity index (χ3v) is 12.3. The lowest BCUT2D eigenvalue weighted by Gasteiger charge is -2.36. The number of nitrogens with zero attached hydrogens (tertiary/aromatic N) is 1. The summed E-state index contributed by atoms with van der Waals surface area (Å²) in [6, 6.07) is 80.1. The molecule has 0 saturated carbocycles. The molecule has 0 bridgehead atoms. The topological polar surface area (TPSA) is 25.6 Å². The van der Waals surface area contributed by atoms with Crippen molar-refractivity contribution >= 4 is 28.0 Å². The zero-order valence-corrected chi connectivity index (χ0v) is 32.6. The van der Waals surface area contributed by atoms with Gasteiger partial charge in [0.2, 0.25) is 0 Å². The number of fused-ring (bicyclic) bond motifs is 11. The largest absolute Gasteiger partial charge is 0.455 e. The summed E-state index contributed by atoms with van der Waals surface area (Å²) in [5, 5.41) is 0.921. The van der Waals surface area contributed by atoms with Gasteiger partial charge in [-0.1, -0.05) is 170 Å². The van der Waals surface area contributed by atoms with Gasteiger partial charge in [0.05, 0.1) is 5.39 Å². The van der Waals surface area contributed by atoms with Crippen LogP contribution in [0.2, 0.25) is 0 Å². The molecule has 10 aromatic rings. The van der Waals surface area contributed by atoms with Crippen LogP contribution in [-0.4, -0.2) is 0 Å². The predicted octanol–water partition coefficient (Wildman–Crippen LogP) is 15.4. The quantitative estimate of drug-likeness (QED) is 0.168. The summed E-state index contributed by atoms with van der Waals surface area (Å²) in [4.78, 5) is 2.37. The molecule has 1 aliphatic heterocycles. The molecule has 12 rings (SSSR count). The highest BCUT2D eigenvalue weighted by molar-refractivity contribution is 5.97. The summed E-state index contributed by atoms with van der Waals surface area (Å²) in [6.07, 6.45) is 0. The second-order valence-corrected chi connectivity index (χ2v) is 15.6. The lowest BCUT2D eigenvalue weighted by atomic mass is 9.69. The first-order chi connectivity index (χ1) is 29.7. The zero-order valence-electron chi connectivity index (χ0n) is 32.6. The molecule has 1 aromatic heterocycles. The molecule has 0 amide bonds. The number of anilines is 3. The number of ether oxygens (including phenoxy) is 1. The van der Waals surface area contributed by atoms with Crippen molar-refractivity contribution < 1.29 is 9.15 Å². The minimum atomic E-state index is -0.686. The molecular formula is C57H37NO2. The standard InChI is InChI=1S/C57H37NO2/c1-4-17-38(18-5-1)41-23-16-24-44(34-41)58(46-35-42(39-19-6-2-7-20-39)33-43(36-46)40-21-8-3-9-22-40)45-31-32-53-49(37-45)55-56(60-53)57(52-29-14-15-30-54(52)59-55)50-27-12-10-25-47(50)48-26-11-13-28-51(48)57/h1-37H. The van der Waals surface area contributed by atoms with Crippen LogP contribution in [0.1, 0.15) is 22.5 Å². The number of para-hydroxylation sites is 1. The Labute approximate surface area is 349 Å². The molecule has 0 atom stereocenters. The smallest absolute Gasteiger partial charge is 0.178 e. The van der Waals surface area contributed by atoms with Crippen LogP contribution in [0.25, 0.3) is 55.5 Å². The predicted molar refractivity (Wildman–Crippen MR) is 245 cm³/mol. The second kappa shape index (κ2) is 13.6. The first-order valence-corrected chi connectivity index (χ1v) is 20.5. The van der Waals surface area contributed by atoms with Crippen LogP contribution in [0, 0.1) is 0 Å². The van der Waals surface area contributed by atoms with Gasteiger partial charge in [0, 0.05) is 22.6 Å². The van der Waals surface area contributed by atoms with E-state index in [9.17, 15) is 0 Å². The fraction of sp³-hybridized carbons (Fsp3) is 0.0175. The third kappa shape index (κ3) is 5.23. The fourth-order valence-corrected chi connectivity index (χ4v) is 9.66. The van der Waals surface area contributed by atoms with E-state index < -0.39 is 5.41 Å². The normalized spacial score (nSPS) is 12.9. The maximum absolute atomic E-state index is 7.13. The van der Waals surface area contributed by atoms with Gasteiger partial charge in [-0.25, -0.2) is 0 Å². The minimum Gasteiger partial charge on any atom is -0.455 e. The van der Waals surface area contributed by atoms with E-state index in [-0.39, 0.29) is 0 Å². The van der Waals surface area contributed by atoms with Crippen molar-refractivity contribution in [3.63, 3.8) is 0 Å². The fourth-order valence-electron chi connectivity index (χ4n) is 9.66.